The van der Waals surface area contributed by atoms with Crippen LogP contribution in [0.5, 0.6) is 0 Å². The molecule has 0 aliphatic rings. The Morgan fingerprint density at radius 1 is 0.955 bits per heavy atom. The van der Waals surface area contributed by atoms with Crippen molar-refractivity contribution in [1.29, 1.82) is 0 Å². The van der Waals surface area contributed by atoms with Gasteiger partial charge in [0.1, 0.15) is 0 Å². The second kappa shape index (κ2) is 7.38. The number of carbonyl (C=O) groups is 1. The Labute approximate surface area is 146 Å². The quantitative estimate of drug-likeness (QED) is 0.465. The van der Waals surface area contributed by atoms with Crippen LogP contribution in [0.1, 0.15) is 27.0 Å². The van der Waals surface area contributed by atoms with E-state index in [0.29, 0.717) is 4.57 Å². The number of hydrogen-bond acceptors (Lipinski definition) is 1. The third kappa shape index (κ3) is 5.37. The fourth-order valence-corrected chi connectivity index (χ4v) is 34.4. The molecule has 0 aliphatic carbocycles. The molecular formula is C17H30AsOPSi2. The van der Waals surface area contributed by atoms with E-state index in [-0.39, 0.29) is 14.8 Å². The second-order valence-corrected chi connectivity index (χ2v) is 25.1. The Hall–Kier alpha value is 0.182. The van der Waals surface area contributed by atoms with Crippen LogP contribution in [-0.4, -0.2) is 40.4 Å². The van der Waals surface area contributed by atoms with Crippen molar-refractivity contribution in [3.63, 3.8) is 0 Å². The van der Waals surface area contributed by atoms with Gasteiger partial charge in [-0.15, -0.1) is 0 Å². The van der Waals surface area contributed by atoms with Gasteiger partial charge in [0.2, 0.25) is 0 Å². The molecule has 0 unspecified atom stereocenters. The molecule has 0 radical (unpaired) electrons. The Bertz CT molecular complexity index is 561. The molecular weight excluding hydrogens is 382 g/mol. The van der Waals surface area contributed by atoms with Crippen molar-refractivity contribution in [1.82, 2.24) is 0 Å². The van der Waals surface area contributed by atoms with Gasteiger partial charge in [-0.25, -0.2) is 0 Å². The summed E-state index contributed by atoms with van der Waals surface area (Å²) in [5.74, 6) is 0. The summed E-state index contributed by atoms with van der Waals surface area (Å²) in [5.41, 5.74) is 4.57. The van der Waals surface area contributed by atoms with E-state index in [1.54, 1.807) is 0 Å². The van der Waals surface area contributed by atoms with Crippen molar-refractivity contribution in [3.8, 4) is 0 Å². The first kappa shape index (κ1) is 20.2. The van der Waals surface area contributed by atoms with Crippen LogP contribution >= 0.6 is 6.69 Å². The van der Waals surface area contributed by atoms with E-state index >= 15 is 0 Å². The van der Waals surface area contributed by atoms with E-state index in [9.17, 15) is 4.79 Å². The summed E-state index contributed by atoms with van der Waals surface area (Å²) in [6, 6.07) is 4.29. The normalized spacial score (nSPS) is 13.2. The zero-order valence-electron chi connectivity index (χ0n) is 15.5. The molecule has 0 amide bonds. The average molecular weight is 412 g/mol. The monoisotopic (exact) mass is 412 g/mol. The van der Waals surface area contributed by atoms with Gasteiger partial charge in [0, 0.05) is 0 Å². The number of aryl methyl sites for hydroxylation is 3. The SMILES string of the molecule is Cc1cc(C)c(C(=O)[As]=PC([Si](C)(C)C)[Si](C)(C)C)c(C)c1. The Morgan fingerprint density at radius 2 is 1.36 bits per heavy atom. The van der Waals surface area contributed by atoms with Crippen molar-refractivity contribution in [2.45, 2.75) is 65.0 Å². The molecule has 0 aliphatic heterocycles. The third-order valence-corrected chi connectivity index (χ3v) is 24.8. The van der Waals surface area contributed by atoms with Crippen LogP contribution in [0, 0.1) is 20.8 Å². The molecule has 0 fully saturated rings. The molecule has 22 heavy (non-hydrogen) atoms. The molecule has 0 bridgehead atoms. The first-order valence-electron chi connectivity index (χ1n) is 7.87. The number of carbonyl (C=O) groups excluding carboxylic acids is 1. The Morgan fingerprint density at radius 3 is 1.73 bits per heavy atom. The Balaban J connectivity index is 3.16. The molecule has 122 valence electrons. The third-order valence-electron chi connectivity index (χ3n) is 3.80. The van der Waals surface area contributed by atoms with E-state index in [4.69, 9.17) is 0 Å². The zero-order chi connectivity index (χ0) is 17.3. The summed E-state index contributed by atoms with van der Waals surface area (Å²) in [6.45, 7) is 22.5. The van der Waals surface area contributed by atoms with Crippen LogP contribution in [0.2, 0.25) is 39.3 Å². The molecule has 0 saturated carbocycles. The second-order valence-electron chi connectivity index (χ2n) is 8.43. The Kier molecular flexibility index (Phi) is 6.79. The van der Waals surface area contributed by atoms with Crippen molar-refractivity contribution >= 4 is 42.2 Å². The standard InChI is InChI=1S/C17H30AsOPSi2/c1-12-10-13(2)15(14(3)11-12)16(19)18-20-17(21(4,5)6)22(7,8)9/h10-11,17H,1-9H3. The molecule has 0 heterocycles. The van der Waals surface area contributed by atoms with Gasteiger partial charge in [-0.05, 0) is 0 Å². The van der Waals surface area contributed by atoms with Crippen molar-refractivity contribution in [2.75, 3.05) is 0 Å². The van der Waals surface area contributed by atoms with Crippen LogP contribution in [0.3, 0.4) is 0 Å². The van der Waals surface area contributed by atoms with E-state index < -0.39 is 16.1 Å². The van der Waals surface area contributed by atoms with Crippen LogP contribution in [0.4, 0.5) is 0 Å². The van der Waals surface area contributed by atoms with Gasteiger partial charge in [-0.3, -0.25) is 0 Å². The number of hydrogen-bond donors (Lipinski definition) is 0. The maximum atomic E-state index is 12.8. The van der Waals surface area contributed by atoms with Crippen molar-refractivity contribution < 1.29 is 4.79 Å². The van der Waals surface area contributed by atoms with Gasteiger partial charge >= 0.3 is 146 Å². The summed E-state index contributed by atoms with van der Waals surface area (Å²) >= 11 is -0.265. The topological polar surface area (TPSA) is 17.1 Å². The van der Waals surface area contributed by atoms with E-state index in [0.717, 1.165) is 21.6 Å². The fraction of sp³-hybridized carbons (Fsp3) is 0.588. The predicted molar refractivity (Wildman–Crippen MR) is 108 cm³/mol. The van der Waals surface area contributed by atoms with Crippen LogP contribution < -0.4 is 0 Å². The average Bonchev–Trinajstić information content (AvgIpc) is 2.23. The predicted octanol–water partition coefficient (Wildman–Crippen LogP) is 5.44. The summed E-state index contributed by atoms with van der Waals surface area (Å²) < 4.78 is 0.425. The maximum absolute atomic E-state index is 12.8. The molecule has 1 aromatic carbocycles. The molecule has 1 nitrogen and oxygen atoms in total. The zero-order valence-corrected chi connectivity index (χ0v) is 20.3. The molecule has 1 rings (SSSR count). The summed E-state index contributed by atoms with van der Waals surface area (Å²) in [5, 5.41) is 0. The minimum atomic E-state index is -1.21. The number of benzene rings is 1. The van der Waals surface area contributed by atoms with E-state index in [1.807, 2.05) is 0 Å². The van der Waals surface area contributed by atoms with E-state index in [2.05, 4.69) is 72.2 Å². The fourth-order valence-electron chi connectivity index (χ4n) is 3.32. The van der Waals surface area contributed by atoms with Gasteiger partial charge in [-0.2, -0.15) is 0 Å². The number of rotatable bonds is 5. The van der Waals surface area contributed by atoms with Gasteiger partial charge in [0.15, 0.2) is 0 Å². The van der Waals surface area contributed by atoms with Crippen LogP contribution in [-0.2, 0) is 0 Å². The summed E-state index contributed by atoms with van der Waals surface area (Å²) in [6.07, 6.45) is 0. The molecule has 0 saturated heterocycles. The van der Waals surface area contributed by atoms with Gasteiger partial charge < -0.3 is 0 Å². The van der Waals surface area contributed by atoms with Crippen molar-refractivity contribution in [3.05, 3.63) is 34.4 Å². The minimum absolute atomic E-state index is 0.265. The molecule has 0 aromatic heterocycles. The molecule has 0 spiro atoms. The van der Waals surface area contributed by atoms with Crippen molar-refractivity contribution in [2.24, 2.45) is 0 Å². The summed E-state index contributed by atoms with van der Waals surface area (Å²) in [7, 11) is -2.41. The molecule has 1 aromatic rings. The first-order valence-corrected chi connectivity index (χ1v) is 19.4. The molecule has 5 heteroatoms. The molecule has 0 N–H and O–H groups in total. The van der Waals surface area contributed by atoms with E-state index in [1.165, 1.54) is 12.3 Å². The van der Waals surface area contributed by atoms with Crippen LogP contribution in [0.25, 0.3) is 0 Å². The summed E-state index contributed by atoms with van der Waals surface area (Å²) in [4.78, 5) is 13.6. The van der Waals surface area contributed by atoms with Gasteiger partial charge in [-0.1, -0.05) is 0 Å². The molecule has 0 atom stereocenters. The van der Waals surface area contributed by atoms with Gasteiger partial charge in [0.25, 0.3) is 0 Å². The first-order chi connectivity index (χ1) is 9.84. The van der Waals surface area contributed by atoms with Gasteiger partial charge in [0.05, 0.1) is 0 Å². The van der Waals surface area contributed by atoms with Crippen LogP contribution in [0.15, 0.2) is 12.1 Å².